The lowest BCUT2D eigenvalue weighted by molar-refractivity contribution is -0.136. The fraction of sp³-hybridized carbons (Fsp3) is 0.200. The second kappa shape index (κ2) is 6.03. The van der Waals surface area contributed by atoms with Gasteiger partial charge in [-0.3, -0.25) is 0 Å². The molecular weight excluding hydrogens is 284 g/mol. The van der Waals surface area contributed by atoms with Gasteiger partial charge in [-0.1, -0.05) is 12.1 Å². The molecule has 0 aliphatic heterocycles. The van der Waals surface area contributed by atoms with Gasteiger partial charge in [0.2, 0.25) is 0 Å². The first-order valence-corrected chi connectivity index (χ1v) is 6.31. The molecule has 2 aromatic carbocycles. The molecule has 0 aromatic heterocycles. The predicted molar refractivity (Wildman–Crippen MR) is 74.5 cm³/mol. The quantitative estimate of drug-likeness (QED) is 0.659. The van der Waals surface area contributed by atoms with Gasteiger partial charge in [-0.25, -0.2) is 4.39 Å². The Kier molecular flexibility index (Phi) is 4.35. The molecule has 2 aromatic rings. The van der Waals surface area contributed by atoms with Crippen molar-refractivity contribution in [3.63, 3.8) is 0 Å². The van der Waals surface area contributed by atoms with Gasteiger partial charge in [0.1, 0.15) is 5.82 Å². The number of halogens is 4. The Labute approximate surface area is 119 Å². The van der Waals surface area contributed by atoms with E-state index < -0.39 is 11.7 Å². The summed E-state index contributed by atoms with van der Waals surface area (Å²) in [7, 11) is 0. The highest BCUT2D eigenvalue weighted by molar-refractivity contribution is 5.59. The van der Waals surface area contributed by atoms with Gasteiger partial charge >= 0.3 is 6.18 Å². The number of benzene rings is 2. The summed E-state index contributed by atoms with van der Waals surface area (Å²) in [6.07, 6.45) is -3.98. The summed E-state index contributed by atoms with van der Waals surface area (Å²) < 4.78 is 51.4. The number of nitrogens with two attached hydrogens (primary N) is 1. The van der Waals surface area contributed by atoms with Crippen LogP contribution in [0.25, 0.3) is 0 Å². The van der Waals surface area contributed by atoms with Crippen LogP contribution in [0.5, 0.6) is 0 Å². The molecule has 112 valence electrons. The molecule has 0 atom stereocenters. The Balaban J connectivity index is 2.05. The molecule has 3 N–H and O–H groups in total. The summed E-state index contributed by atoms with van der Waals surface area (Å²) in [6.45, 7) is 0.304. The average molecular weight is 298 g/mol. The first-order valence-electron chi connectivity index (χ1n) is 6.31. The highest BCUT2D eigenvalue weighted by Crippen LogP contribution is 2.35. The van der Waals surface area contributed by atoms with Gasteiger partial charge in [-0.15, -0.1) is 0 Å². The third-order valence-electron chi connectivity index (χ3n) is 2.99. The Morgan fingerprint density at radius 2 is 1.67 bits per heavy atom. The van der Waals surface area contributed by atoms with Crippen LogP contribution in [0.1, 0.15) is 11.1 Å². The van der Waals surface area contributed by atoms with Crippen molar-refractivity contribution in [1.29, 1.82) is 0 Å². The van der Waals surface area contributed by atoms with Gasteiger partial charge in [-0.05, 0) is 42.3 Å². The molecular formula is C15H14F4N2. The summed E-state index contributed by atoms with van der Waals surface area (Å²) >= 11 is 0. The fourth-order valence-electron chi connectivity index (χ4n) is 1.94. The average Bonchev–Trinajstić information content (AvgIpc) is 2.41. The number of nitrogen functional groups attached to an aromatic ring is 1. The van der Waals surface area contributed by atoms with Crippen LogP contribution in [0.15, 0.2) is 42.5 Å². The second-order valence-corrected chi connectivity index (χ2v) is 4.61. The van der Waals surface area contributed by atoms with E-state index in [0.717, 1.165) is 11.6 Å². The zero-order chi connectivity index (χ0) is 15.5. The first-order chi connectivity index (χ1) is 9.86. The first kappa shape index (κ1) is 15.2. The fourth-order valence-corrected chi connectivity index (χ4v) is 1.94. The van der Waals surface area contributed by atoms with Crippen LogP contribution in [0.2, 0.25) is 0 Å². The molecule has 0 aliphatic rings. The number of anilines is 2. The topological polar surface area (TPSA) is 38.0 Å². The van der Waals surface area contributed by atoms with Crippen molar-refractivity contribution in [2.45, 2.75) is 12.6 Å². The van der Waals surface area contributed by atoms with Crippen molar-refractivity contribution in [3.8, 4) is 0 Å². The molecule has 2 nitrogen and oxygen atoms in total. The van der Waals surface area contributed by atoms with E-state index in [9.17, 15) is 17.6 Å². The maximum atomic E-state index is 12.9. The van der Waals surface area contributed by atoms with Crippen LogP contribution in [-0.4, -0.2) is 6.54 Å². The van der Waals surface area contributed by atoms with Crippen molar-refractivity contribution in [3.05, 3.63) is 59.4 Å². The summed E-state index contributed by atoms with van der Waals surface area (Å²) in [5.41, 5.74) is 5.49. The molecule has 0 amide bonds. The summed E-state index contributed by atoms with van der Waals surface area (Å²) in [5, 5.41) is 2.74. The minimum absolute atomic E-state index is 0.0150. The van der Waals surface area contributed by atoms with E-state index >= 15 is 0 Å². The highest BCUT2D eigenvalue weighted by atomic mass is 19.4. The Bertz CT molecular complexity index is 606. The molecule has 0 unspecified atom stereocenters. The maximum Gasteiger partial charge on any atom is 0.418 e. The van der Waals surface area contributed by atoms with Crippen molar-refractivity contribution < 1.29 is 17.6 Å². The SMILES string of the molecule is Nc1ccc(NCCc2ccc(F)cc2)c(C(F)(F)F)c1. The minimum Gasteiger partial charge on any atom is -0.399 e. The standard InChI is InChI=1S/C15H14F4N2/c16-11-3-1-10(2-4-11)7-8-21-14-6-5-12(20)9-13(14)15(17,18)19/h1-6,9,21H,7-8,20H2. The van der Waals surface area contributed by atoms with Crippen LogP contribution in [0.3, 0.4) is 0 Å². The Hall–Kier alpha value is -2.24. The highest BCUT2D eigenvalue weighted by Gasteiger charge is 2.33. The van der Waals surface area contributed by atoms with Gasteiger partial charge in [0.05, 0.1) is 5.56 Å². The number of hydrogen-bond donors (Lipinski definition) is 2. The molecule has 0 radical (unpaired) electrons. The zero-order valence-corrected chi connectivity index (χ0v) is 11.0. The summed E-state index contributed by atoms with van der Waals surface area (Å²) in [4.78, 5) is 0. The molecule has 0 fully saturated rings. The van der Waals surface area contributed by atoms with Gasteiger partial charge in [0.25, 0.3) is 0 Å². The van der Waals surface area contributed by atoms with Gasteiger partial charge < -0.3 is 11.1 Å². The van der Waals surface area contributed by atoms with E-state index in [1.54, 1.807) is 12.1 Å². The molecule has 0 heterocycles. The zero-order valence-electron chi connectivity index (χ0n) is 11.0. The summed E-state index contributed by atoms with van der Waals surface area (Å²) in [5.74, 6) is -0.343. The van der Waals surface area contributed by atoms with Crippen LogP contribution in [-0.2, 0) is 12.6 Å². The molecule has 0 aliphatic carbocycles. The van der Waals surface area contributed by atoms with Crippen LogP contribution in [0.4, 0.5) is 28.9 Å². The van der Waals surface area contributed by atoms with Gasteiger partial charge in [-0.2, -0.15) is 13.2 Å². The largest absolute Gasteiger partial charge is 0.418 e. The summed E-state index contributed by atoms with van der Waals surface area (Å²) in [6, 6.07) is 9.47. The lowest BCUT2D eigenvalue weighted by atomic mass is 10.1. The molecule has 21 heavy (non-hydrogen) atoms. The predicted octanol–water partition coefficient (Wildman–Crippen LogP) is 4.08. The number of alkyl halides is 3. The van der Waals surface area contributed by atoms with Crippen LogP contribution < -0.4 is 11.1 Å². The van der Waals surface area contributed by atoms with Gasteiger partial charge in [0, 0.05) is 17.9 Å². The molecule has 0 bridgehead atoms. The van der Waals surface area contributed by atoms with E-state index in [-0.39, 0.29) is 17.2 Å². The van der Waals surface area contributed by atoms with Crippen molar-refractivity contribution in [2.24, 2.45) is 0 Å². The third kappa shape index (κ3) is 4.11. The van der Waals surface area contributed by atoms with Crippen LogP contribution >= 0.6 is 0 Å². The van der Waals surface area contributed by atoms with E-state index in [1.807, 2.05) is 0 Å². The van der Waals surface area contributed by atoms with Gasteiger partial charge in [0.15, 0.2) is 0 Å². The van der Waals surface area contributed by atoms with E-state index in [0.29, 0.717) is 13.0 Å². The lowest BCUT2D eigenvalue weighted by Gasteiger charge is -2.15. The van der Waals surface area contributed by atoms with Crippen LogP contribution in [0, 0.1) is 5.82 Å². The lowest BCUT2D eigenvalue weighted by Crippen LogP contribution is -2.13. The molecule has 0 saturated carbocycles. The van der Waals surface area contributed by atoms with E-state index in [1.165, 1.54) is 24.3 Å². The number of rotatable bonds is 4. The van der Waals surface area contributed by atoms with E-state index in [2.05, 4.69) is 5.32 Å². The maximum absolute atomic E-state index is 12.9. The number of nitrogens with one attached hydrogen (secondary N) is 1. The van der Waals surface area contributed by atoms with Crippen molar-refractivity contribution in [2.75, 3.05) is 17.6 Å². The molecule has 6 heteroatoms. The molecule has 2 rings (SSSR count). The molecule has 0 saturated heterocycles. The van der Waals surface area contributed by atoms with E-state index in [4.69, 9.17) is 5.73 Å². The second-order valence-electron chi connectivity index (χ2n) is 4.61. The third-order valence-corrected chi connectivity index (χ3v) is 2.99. The Morgan fingerprint density at radius 1 is 1.00 bits per heavy atom. The van der Waals surface area contributed by atoms with Crippen molar-refractivity contribution in [1.82, 2.24) is 0 Å². The minimum atomic E-state index is -4.46. The molecule has 0 spiro atoms. The smallest absolute Gasteiger partial charge is 0.399 e. The normalized spacial score (nSPS) is 11.4. The van der Waals surface area contributed by atoms with Crippen molar-refractivity contribution >= 4 is 11.4 Å². The monoisotopic (exact) mass is 298 g/mol. The number of hydrogen-bond acceptors (Lipinski definition) is 2. The Morgan fingerprint density at radius 3 is 2.29 bits per heavy atom.